The molecule has 3 heteroatoms. The average molecular weight is 212 g/mol. The van der Waals surface area contributed by atoms with Gasteiger partial charge < -0.3 is 10.6 Å². The maximum absolute atomic E-state index is 11.6. The maximum atomic E-state index is 11.6. The third kappa shape index (κ3) is 4.20. The van der Waals surface area contributed by atoms with Crippen LogP contribution in [-0.2, 0) is 4.79 Å². The topological polar surface area (TPSA) is 41.1 Å². The summed E-state index contributed by atoms with van der Waals surface area (Å²) in [5.41, 5.74) is 0. The molecule has 3 atom stereocenters. The lowest BCUT2D eigenvalue weighted by Crippen LogP contribution is -2.44. The molecule has 0 aromatic rings. The van der Waals surface area contributed by atoms with Crippen LogP contribution < -0.4 is 10.6 Å². The maximum Gasteiger partial charge on any atom is 0.236 e. The molecule has 15 heavy (non-hydrogen) atoms. The van der Waals surface area contributed by atoms with Gasteiger partial charge in [0, 0.05) is 12.6 Å². The molecule has 0 radical (unpaired) electrons. The van der Waals surface area contributed by atoms with E-state index in [1.165, 1.54) is 12.8 Å². The highest BCUT2D eigenvalue weighted by Gasteiger charge is 2.36. The van der Waals surface area contributed by atoms with E-state index in [2.05, 4.69) is 31.4 Å². The van der Waals surface area contributed by atoms with Crippen LogP contribution in [-0.4, -0.2) is 24.5 Å². The summed E-state index contributed by atoms with van der Waals surface area (Å²) in [6.07, 6.45) is 2.45. The van der Waals surface area contributed by atoms with Crippen molar-refractivity contribution in [3.05, 3.63) is 0 Å². The molecule has 0 aromatic carbocycles. The van der Waals surface area contributed by atoms with Gasteiger partial charge in [-0.05, 0) is 25.2 Å². The van der Waals surface area contributed by atoms with Gasteiger partial charge in [-0.1, -0.05) is 27.2 Å². The Hall–Kier alpha value is -0.570. The second-order valence-corrected chi connectivity index (χ2v) is 5.04. The molecule has 88 valence electrons. The Kier molecular flexibility index (Phi) is 4.58. The Bertz CT molecular complexity index is 216. The molecule has 1 aliphatic carbocycles. The van der Waals surface area contributed by atoms with E-state index in [0.717, 1.165) is 12.5 Å². The van der Waals surface area contributed by atoms with E-state index >= 15 is 0 Å². The van der Waals surface area contributed by atoms with Gasteiger partial charge in [0.15, 0.2) is 0 Å². The van der Waals surface area contributed by atoms with E-state index in [-0.39, 0.29) is 11.9 Å². The Balaban J connectivity index is 2.16. The van der Waals surface area contributed by atoms with E-state index in [4.69, 9.17) is 0 Å². The SMILES string of the molecule is CCC1CC1NC(C)C(=O)NCC(C)C. The quantitative estimate of drug-likeness (QED) is 0.701. The van der Waals surface area contributed by atoms with Crippen LogP contribution in [0.3, 0.4) is 0 Å². The third-order valence-electron chi connectivity index (χ3n) is 2.99. The highest BCUT2D eigenvalue weighted by atomic mass is 16.2. The van der Waals surface area contributed by atoms with E-state index in [9.17, 15) is 4.79 Å². The van der Waals surface area contributed by atoms with Crippen molar-refractivity contribution in [2.75, 3.05) is 6.54 Å². The number of carbonyl (C=O) groups is 1. The summed E-state index contributed by atoms with van der Waals surface area (Å²) >= 11 is 0. The number of hydrogen-bond acceptors (Lipinski definition) is 2. The van der Waals surface area contributed by atoms with Gasteiger partial charge in [0.05, 0.1) is 6.04 Å². The zero-order valence-electron chi connectivity index (χ0n) is 10.3. The molecule has 1 fully saturated rings. The second-order valence-electron chi connectivity index (χ2n) is 5.04. The van der Waals surface area contributed by atoms with Crippen LogP contribution in [0.4, 0.5) is 0 Å². The lowest BCUT2D eigenvalue weighted by Gasteiger charge is -2.15. The van der Waals surface area contributed by atoms with Crippen LogP contribution in [0.25, 0.3) is 0 Å². The van der Waals surface area contributed by atoms with E-state index in [1.807, 2.05) is 6.92 Å². The molecule has 3 unspecified atom stereocenters. The zero-order chi connectivity index (χ0) is 11.4. The molecule has 0 saturated heterocycles. The molecule has 2 N–H and O–H groups in total. The van der Waals surface area contributed by atoms with Crippen molar-refractivity contribution in [2.24, 2.45) is 11.8 Å². The van der Waals surface area contributed by atoms with Crippen LogP contribution in [0.5, 0.6) is 0 Å². The van der Waals surface area contributed by atoms with Gasteiger partial charge in [-0.15, -0.1) is 0 Å². The fraction of sp³-hybridized carbons (Fsp3) is 0.917. The molecule has 1 amide bonds. The molecule has 3 nitrogen and oxygen atoms in total. The monoisotopic (exact) mass is 212 g/mol. The fourth-order valence-electron chi connectivity index (χ4n) is 1.76. The summed E-state index contributed by atoms with van der Waals surface area (Å²) in [6.45, 7) is 9.13. The molecule has 0 aromatic heterocycles. The number of rotatable bonds is 6. The molecular formula is C12H24N2O. The largest absolute Gasteiger partial charge is 0.354 e. The van der Waals surface area contributed by atoms with Gasteiger partial charge in [-0.2, -0.15) is 0 Å². The zero-order valence-corrected chi connectivity index (χ0v) is 10.3. The van der Waals surface area contributed by atoms with Crippen molar-refractivity contribution < 1.29 is 4.79 Å². The summed E-state index contributed by atoms with van der Waals surface area (Å²) in [4.78, 5) is 11.6. The first-order chi connectivity index (χ1) is 7.04. The number of nitrogens with one attached hydrogen (secondary N) is 2. The number of hydrogen-bond donors (Lipinski definition) is 2. The van der Waals surface area contributed by atoms with Gasteiger partial charge in [0.1, 0.15) is 0 Å². The minimum absolute atomic E-state index is 0.0506. The summed E-state index contributed by atoms with van der Waals surface area (Å²) in [5.74, 6) is 1.45. The minimum atomic E-state index is -0.0506. The first-order valence-electron chi connectivity index (χ1n) is 6.08. The standard InChI is InChI=1S/C12H24N2O/c1-5-10-6-11(10)14-9(4)12(15)13-7-8(2)3/h8-11,14H,5-7H2,1-4H3,(H,13,15). The van der Waals surface area contributed by atoms with E-state index in [0.29, 0.717) is 12.0 Å². The molecule has 0 heterocycles. The smallest absolute Gasteiger partial charge is 0.236 e. The Morgan fingerprint density at radius 2 is 2.07 bits per heavy atom. The van der Waals surface area contributed by atoms with Crippen LogP contribution in [0.2, 0.25) is 0 Å². The van der Waals surface area contributed by atoms with Crippen LogP contribution >= 0.6 is 0 Å². The lowest BCUT2D eigenvalue weighted by molar-refractivity contribution is -0.122. The highest BCUT2D eigenvalue weighted by molar-refractivity contribution is 5.81. The van der Waals surface area contributed by atoms with Crippen molar-refractivity contribution in [3.63, 3.8) is 0 Å². The highest BCUT2D eigenvalue weighted by Crippen LogP contribution is 2.33. The average Bonchev–Trinajstić information content (AvgIpc) is 2.92. The normalized spacial score (nSPS) is 26.5. The molecule has 0 spiro atoms. The first-order valence-corrected chi connectivity index (χ1v) is 6.08. The molecular weight excluding hydrogens is 188 g/mol. The fourth-order valence-corrected chi connectivity index (χ4v) is 1.76. The van der Waals surface area contributed by atoms with Crippen molar-refractivity contribution in [3.8, 4) is 0 Å². The summed E-state index contributed by atoms with van der Waals surface area (Å²) in [6, 6.07) is 0.528. The third-order valence-corrected chi connectivity index (χ3v) is 2.99. The molecule has 1 aliphatic rings. The second kappa shape index (κ2) is 5.50. The summed E-state index contributed by atoms with van der Waals surface area (Å²) in [7, 11) is 0. The van der Waals surface area contributed by atoms with Crippen molar-refractivity contribution >= 4 is 5.91 Å². The predicted octanol–water partition coefficient (Wildman–Crippen LogP) is 1.54. The number of amides is 1. The molecule has 1 rings (SSSR count). The van der Waals surface area contributed by atoms with Gasteiger partial charge in [0.25, 0.3) is 0 Å². The molecule has 1 saturated carbocycles. The van der Waals surface area contributed by atoms with E-state index in [1.54, 1.807) is 0 Å². The number of carbonyl (C=O) groups excluding carboxylic acids is 1. The van der Waals surface area contributed by atoms with Crippen molar-refractivity contribution in [1.29, 1.82) is 0 Å². The summed E-state index contributed by atoms with van der Waals surface area (Å²) in [5, 5.41) is 6.31. The predicted molar refractivity (Wildman–Crippen MR) is 62.6 cm³/mol. The summed E-state index contributed by atoms with van der Waals surface area (Å²) < 4.78 is 0. The Morgan fingerprint density at radius 3 is 2.53 bits per heavy atom. The van der Waals surface area contributed by atoms with E-state index < -0.39 is 0 Å². The molecule has 0 bridgehead atoms. The van der Waals surface area contributed by atoms with Gasteiger partial charge >= 0.3 is 0 Å². The minimum Gasteiger partial charge on any atom is -0.354 e. The van der Waals surface area contributed by atoms with Gasteiger partial charge in [-0.25, -0.2) is 0 Å². The first kappa shape index (κ1) is 12.5. The van der Waals surface area contributed by atoms with Crippen LogP contribution in [0.1, 0.15) is 40.5 Å². The van der Waals surface area contributed by atoms with Gasteiger partial charge in [-0.3, -0.25) is 4.79 Å². The van der Waals surface area contributed by atoms with Crippen molar-refractivity contribution in [2.45, 2.75) is 52.6 Å². The Labute approximate surface area is 93.0 Å². The van der Waals surface area contributed by atoms with Crippen LogP contribution in [0, 0.1) is 11.8 Å². The lowest BCUT2D eigenvalue weighted by atomic mass is 10.2. The van der Waals surface area contributed by atoms with Crippen molar-refractivity contribution in [1.82, 2.24) is 10.6 Å². The van der Waals surface area contributed by atoms with Gasteiger partial charge in [0.2, 0.25) is 5.91 Å². The molecule has 0 aliphatic heterocycles. The van der Waals surface area contributed by atoms with Crippen LogP contribution in [0.15, 0.2) is 0 Å². The Morgan fingerprint density at radius 1 is 1.40 bits per heavy atom.